The first kappa shape index (κ1) is 16.5. The topological polar surface area (TPSA) is 81.3 Å². The van der Waals surface area contributed by atoms with E-state index in [1.165, 1.54) is 19.3 Å². The van der Waals surface area contributed by atoms with Crippen molar-refractivity contribution in [1.29, 1.82) is 0 Å². The first-order valence-corrected chi connectivity index (χ1v) is 9.70. The summed E-state index contributed by atoms with van der Waals surface area (Å²) in [6.07, 6.45) is 4.14. The van der Waals surface area contributed by atoms with Gasteiger partial charge < -0.3 is 15.4 Å². The van der Waals surface area contributed by atoms with Crippen LogP contribution in [-0.2, 0) is 0 Å². The van der Waals surface area contributed by atoms with Gasteiger partial charge >= 0.3 is 0 Å². The summed E-state index contributed by atoms with van der Waals surface area (Å²) in [5, 5.41) is 0. The lowest BCUT2D eigenvalue weighted by Crippen LogP contribution is -2.30. The van der Waals surface area contributed by atoms with Crippen molar-refractivity contribution in [2.24, 2.45) is 23.7 Å². The average Bonchev–Trinajstić information content (AvgIpc) is 3.40. The van der Waals surface area contributed by atoms with Crippen LogP contribution in [0, 0.1) is 23.7 Å². The van der Waals surface area contributed by atoms with E-state index in [1.807, 2.05) is 24.3 Å². The van der Waals surface area contributed by atoms with E-state index in [9.17, 15) is 4.79 Å². The molecule has 3 aliphatic rings. The average molecular weight is 364 g/mol. The number of hydrogen-bond donors (Lipinski definition) is 1. The molecule has 0 spiro atoms. The van der Waals surface area contributed by atoms with Crippen LogP contribution in [0.4, 0.5) is 5.95 Å². The molecule has 2 bridgehead atoms. The number of aromatic nitrogens is 2. The van der Waals surface area contributed by atoms with Crippen molar-refractivity contribution in [1.82, 2.24) is 14.9 Å². The van der Waals surface area contributed by atoms with Gasteiger partial charge in [0.25, 0.3) is 5.91 Å². The Bertz CT molecular complexity index is 864. The third-order valence-electron chi connectivity index (χ3n) is 6.78. The zero-order chi connectivity index (χ0) is 18.5. The second kappa shape index (κ2) is 6.22. The Balaban J connectivity index is 1.33. The monoisotopic (exact) mass is 364 g/mol. The zero-order valence-corrected chi connectivity index (χ0v) is 15.5. The highest BCUT2D eigenvalue weighted by molar-refractivity contribution is 5.95. The van der Waals surface area contributed by atoms with Crippen molar-refractivity contribution in [2.45, 2.75) is 19.3 Å². The van der Waals surface area contributed by atoms with Gasteiger partial charge in [-0.1, -0.05) is 12.1 Å². The summed E-state index contributed by atoms with van der Waals surface area (Å²) in [6.45, 7) is 1.87. The van der Waals surface area contributed by atoms with Crippen LogP contribution >= 0.6 is 0 Å². The van der Waals surface area contributed by atoms with Gasteiger partial charge in [-0.2, -0.15) is 4.98 Å². The van der Waals surface area contributed by atoms with Gasteiger partial charge in [0.15, 0.2) is 0 Å². The molecule has 1 aromatic carbocycles. The standard InChI is InChI=1S/C21H24N4O2/c1-27-19-9-18(23-21(22)24-19)12-2-4-13(5-3-12)20(26)25-10-16-14-6-7-15(8-14)17(16)11-25/h2-5,9,14-17H,6-8,10-11H2,1H3,(H2,22,23,24)/t14-,15+,16-,17+. The molecule has 1 aromatic heterocycles. The number of methoxy groups -OCH3 is 1. The zero-order valence-electron chi connectivity index (χ0n) is 15.5. The molecular formula is C21H24N4O2. The third-order valence-corrected chi connectivity index (χ3v) is 6.78. The molecule has 3 fully saturated rings. The SMILES string of the molecule is COc1cc(-c2ccc(C(=O)N3C[C@@H]4[C@@H]5CC[C@@H](C5)[C@@H]4C3)cc2)nc(N)n1. The second-order valence-electron chi connectivity index (χ2n) is 8.10. The minimum Gasteiger partial charge on any atom is -0.481 e. The summed E-state index contributed by atoms with van der Waals surface area (Å²) in [7, 11) is 1.55. The fourth-order valence-electron chi connectivity index (χ4n) is 5.51. The molecule has 4 atom stereocenters. The van der Waals surface area contributed by atoms with Crippen molar-refractivity contribution in [2.75, 3.05) is 25.9 Å². The van der Waals surface area contributed by atoms with Gasteiger partial charge in [0.1, 0.15) is 0 Å². The number of nitrogens with zero attached hydrogens (tertiary/aromatic N) is 3. The number of fused-ring (bicyclic) bond motifs is 5. The molecule has 1 aliphatic heterocycles. The van der Waals surface area contributed by atoms with Crippen LogP contribution in [0.2, 0.25) is 0 Å². The summed E-state index contributed by atoms with van der Waals surface area (Å²) in [4.78, 5) is 23.3. The largest absolute Gasteiger partial charge is 0.481 e. The lowest BCUT2D eigenvalue weighted by Gasteiger charge is -2.22. The first-order valence-electron chi connectivity index (χ1n) is 9.70. The first-order chi connectivity index (χ1) is 13.1. The van der Waals surface area contributed by atoms with E-state index in [0.717, 1.165) is 47.9 Å². The van der Waals surface area contributed by atoms with E-state index in [0.29, 0.717) is 11.6 Å². The highest BCUT2D eigenvalue weighted by Gasteiger charge is 2.52. The Morgan fingerprint density at radius 3 is 2.41 bits per heavy atom. The maximum absolute atomic E-state index is 13.0. The molecule has 2 aliphatic carbocycles. The number of nitrogen functional groups attached to an aromatic ring is 1. The predicted molar refractivity (Wildman–Crippen MR) is 102 cm³/mol. The Morgan fingerprint density at radius 2 is 1.78 bits per heavy atom. The minimum absolute atomic E-state index is 0.148. The normalized spacial score (nSPS) is 28.4. The lowest BCUT2D eigenvalue weighted by atomic mass is 9.82. The van der Waals surface area contributed by atoms with Gasteiger partial charge in [-0.05, 0) is 55.1 Å². The molecular weight excluding hydrogens is 340 g/mol. The molecule has 27 heavy (non-hydrogen) atoms. The number of likely N-dealkylation sites (tertiary alicyclic amines) is 1. The van der Waals surface area contributed by atoms with Gasteiger partial charge in [-0.15, -0.1) is 0 Å². The van der Waals surface area contributed by atoms with E-state index < -0.39 is 0 Å². The summed E-state index contributed by atoms with van der Waals surface area (Å²) < 4.78 is 5.15. The molecule has 5 rings (SSSR count). The number of hydrogen-bond acceptors (Lipinski definition) is 5. The van der Waals surface area contributed by atoms with E-state index in [2.05, 4.69) is 14.9 Å². The molecule has 2 heterocycles. The van der Waals surface area contributed by atoms with E-state index >= 15 is 0 Å². The summed E-state index contributed by atoms with van der Waals surface area (Å²) in [5.74, 6) is 3.94. The van der Waals surface area contributed by atoms with Gasteiger partial charge in [-0.3, -0.25) is 4.79 Å². The number of rotatable bonds is 3. The number of anilines is 1. The summed E-state index contributed by atoms with van der Waals surface area (Å²) >= 11 is 0. The highest BCUT2D eigenvalue weighted by atomic mass is 16.5. The Kier molecular flexibility index (Phi) is 3.81. The van der Waals surface area contributed by atoms with E-state index in [4.69, 9.17) is 10.5 Å². The fraction of sp³-hybridized carbons (Fsp3) is 0.476. The highest BCUT2D eigenvalue weighted by Crippen LogP contribution is 2.55. The predicted octanol–water partition coefficient (Wildman–Crippen LogP) is 2.85. The van der Waals surface area contributed by atoms with Gasteiger partial charge in [0.05, 0.1) is 12.8 Å². The summed E-state index contributed by atoms with van der Waals surface area (Å²) in [5.41, 5.74) is 8.05. The van der Waals surface area contributed by atoms with Crippen molar-refractivity contribution < 1.29 is 9.53 Å². The molecule has 6 heteroatoms. The number of amides is 1. The molecule has 2 saturated carbocycles. The maximum atomic E-state index is 13.0. The second-order valence-corrected chi connectivity index (χ2v) is 8.10. The van der Waals surface area contributed by atoms with Crippen LogP contribution in [0.5, 0.6) is 5.88 Å². The fourth-order valence-corrected chi connectivity index (χ4v) is 5.51. The molecule has 0 unspecified atom stereocenters. The number of carbonyl (C=O) groups excluding carboxylic acids is 1. The molecule has 0 radical (unpaired) electrons. The Morgan fingerprint density at radius 1 is 1.11 bits per heavy atom. The number of benzene rings is 1. The molecule has 140 valence electrons. The van der Waals surface area contributed by atoms with Crippen LogP contribution in [0.15, 0.2) is 30.3 Å². The van der Waals surface area contributed by atoms with Crippen LogP contribution in [0.25, 0.3) is 11.3 Å². The van der Waals surface area contributed by atoms with Crippen LogP contribution in [0.1, 0.15) is 29.6 Å². The van der Waals surface area contributed by atoms with Gasteiger partial charge in [0.2, 0.25) is 11.8 Å². The van der Waals surface area contributed by atoms with Gasteiger partial charge in [0, 0.05) is 30.3 Å². The summed E-state index contributed by atoms with van der Waals surface area (Å²) in [6, 6.07) is 9.32. The minimum atomic E-state index is 0.148. The molecule has 1 amide bonds. The number of nitrogens with two attached hydrogens (primary N) is 1. The third kappa shape index (κ3) is 2.74. The van der Waals surface area contributed by atoms with Gasteiger partial charge in [-0.25, -0.2) is 4.98 Å². The smallest absolute Gasteiger partial charge is 0.253 e. The maximum Gasteiger partial charge on any atom is 0.253 e. The molecule has 1 saturated heterocycles. The number of carbonyl (C=O) groups is 1. The quantitative estimate of drug-likeness (QED) is 0.906. The van der Waals surface area contributed by atoms with Crippen LogP contribution < -0.4 is 10.5 Å². The van der Waals surface area contributed by atoms with E-state index in [1.54, 1.807) is 13.2 Å². The lowest BCUT2D eigenvalue weighted by molar-refractivity contribution is 0.0776. The molecule has 6 nitrogen and oxygen atoms in total. The number of ether oxygens (including phenoxy) is 1. The molecule has 2 aromatic rings. The van der Waals surface area contributed by atoms with Crippen LogP contribution in [-0.4, -0.2) is 41.0 Å². The van der Waals surface area contributed by atoms with Crippen molar-refractivity contribution in [3.05, 3.63) is 35.9 Å². The molecule has 2 N–H and O–H groups in total. The van der Waals surface area contributed by atoms with Crippen LogP contribution in [0.3, 0.4) is 0 Å². The van der Waals surface area contributed by atoms with Crippen molar-refractivity contribution >= 4 is 11.9 Å². The Labute approximate surface area is 158 Å². The van der Waals surface area contributed by atoms with Crippen molar-refractivity contribution in [3.63, 3.8) is 0 Å². The Hall–Kier alpha value is -2.63. The van der Waals surface area contributed by atoms with E-state index in [-0.39, 0.29) is 11.9 Å². The van der Waals surface area contributed by atoms with Crippen molar-refractivity contribution in [3.8, 4) is 17.1 Å².